The van der Waals surface area contributed by atoms with Gasteiger partial charge in [-0.05, 0) is 68.3 Å². The van der Waals surface area contributed by atoms with Gasteiger partial charge in [0, 0.05) is 96.9 Å². The number of nitrogens with zero attached hydrogens (tertiary/aromatic N) is 3. The molecule has 1 aliphatic carbocycles. The van der Waals surface area contributed by atoms with Gasteiger partial charge in [-0.15, -0.1) is 0 Å². The Labute approximate surface area is 342 Å². The monoisotopic (exact) mass is 816 g/mol. The molecule has 1 aromatic heterocycles. The van der Waals surface area contributed by atoms with Gasteiger partial charge in [0.25, 0.3) is 0 Å². The van der Waals surface area contributed by atoms with Gasteiger partial charge in [0.2, 0.25) is 11.5 Å². The number of alkyl halides is 2. The van der Waals surface area contributed by atoms with Gasteiger partial charge in [0.15, 0.2) is 6.10 Å². The number of benzene rings is 2. The molecule has 14 heteroatoms. The Kier molecular flexibility index (Phi) is 9.12. The first-order valence-corrected chi connectivity index (χ1v) is 20.7. The zero-order valence-electron chi connectivity index (χ0n) is 34.8. The third-order valence-electron chi connectivity index (χ3n) is 15.3. The van der Waals surface area contributed by atoms with Crippen molar-refractivity contribution in [1.29, 1.82) is 0 Å². The molecule has 6 aliphatic rings. The summed E-state index contributed by atoms with van der Waals surface area (Å²) < 4.78 is 54.3. The van der Waals surface area contributed by atoms with Gasteiger partial charge >= 0.3 is 17.9 Å². The van der Waals surface area contributed by atoms with Crippen molar-refractivity contribution >= 4 is 34.5 Å². The topological polar surface area (TPSA) is 134 Å². The van der Waals surface area contributed by atoms with Gasteiger partial charge in [0.1, 0.15) is 11.2 Å². The number of carbonyl (C=O) groups excluding carboxylic acids is 3. The van der Waals surface area contributed by atoms with Crippen molar-refractivity contribution in [3.8, 4) is 5.75 Å². The van der Waals surface area contributed by atoms with Crippen molar-refractivity contribution in [3.05, 3.63) is 70.9 Å². The molecule has 0 radical (unpaired) electrons. The van der Waals surface area contributed by atoms with Crippen LogP contribution >= 0.6 is 0 Å². The number of aromatic amines is 1. The van der Waals surface area contributed by atoms with Gasteiger partial charge < -0.3 is 33.9 Å². The lowest BCUT2D eigenvalue weighted by Crippen LogP contribution is -2.81. The summed E-state index contributed by atoms with van der Waals surface area (Å²) in [6, 6.07) is 10.3. The number of para-hydroxylation sites is 1. The second-order valence-corrected chi connectivity index (χ2v) is 18.0. The highest BCUT2D eigenvalue weighted by molar-refractivity contribution is 5.95. The van der Waals surface area contributed by atoms with Gasteiger partial charge in [-0.25, -0.2) is 13.6 Å². The largest absolute Gasteiger partial charge is 0.496 e. The standard InChI is InChI=1S/C45H54F2N4O8/c1-8-42-14-11-16-51-17-15-43(36(42)51)30-19-31(34(56-5)20-33(30)49(4)37(43)45(55,40(54)58-7)38(42)59-25(2)52)44(39(53)57-6)21-26-18-27(41(3,46)47)23-50(22-26)24-29-28-12-9-10-13-32(28)48-35(29)44/h9-14,19-20,26-27,36-38,48,55H,8,15-18,21-24H2,1-7H3/t26?,27?,36-,37+,38+,42+,43+,44-,45-/m0/s1. The number of methoxy groups -OCH3 is 3. The van der Waals surface area contributed by atoms with Gasteiger partial charge in [0.05, 0.1) is 27.4 Å². The molecule has 2 bridgehead atoms. The van der Waals surface area contributed by atoms with Crippen LogP contribution in [0.25, 0.3) is 10.9 Å². The Morgan fingerprint density at radius 1 is 1.03 bits per heavy atom. The van der Waals surface area contributed by atoms with E-state index in [0.29, 0.717) is 61.7 Å². The third-order valence-corrected chi connectivity index (χ3v) is 15.3. The summed E-state index contributed by atoms with van der Waals surface area (Å²) in [7, 11) is 5.94. The molecule has 1 spiro atoms. The molecule has 59 heavy (non-hydrogen) atoms. The van der Waals surface area contributed by atoms with Crippen molar-refractivity contribution < 1.29 is 47.2 Å². The summed E-state index contributed by atoms with van der Waals surface area (Å²) in [6.07, 6.45) is 4.04. The van der Waals surface area contributed by atoms with Gasteiger partial charge in [-0.3, -0.25) is 19.4 Å². The van der Waals surface area contributed by atoms with E-state index in [4.69, 9.17) is 18.9 Å². The lowest BCUT2D eigenvalue weighted by atomic mass is 9.47. The molecule has 1 saturated carbocycles. The van der Waals surface area contributed by atoms with E-state index in [-0.39, 0.29) is 31.3 Å². The summed E-state index contributed by atoms with van der Waals surface area (Å²) in [5, 5.41) is 14.2. The molecule has 2 saturated heterocycles. The minimum absolute atomic E-state index is 0.155. The maximum atomic E-state index is 15.3. The molecular formula is C45H54F2N4O8. The number of rotatable bonds is 7. The Bertz CT molecular complexity index is 2270. The molecule has 9 rings (SSSR count). The quantitative estimate of drug-likeness (QED) is 0.188. The van der Waals surface area contributed by atoms with Crippen molar-refractivity contribution in [2.24, 2.45) is 17.3 Å². The third kappa shape index (κ3) is 5.17. The second kappa shape index (κ2) is 13.5. The van der Waals surface area contributed by atoms with E-state index >= 15 is 13.6 Å². The molecule has 12 nitrogen and oxygen atoms in total. The van der Waals surface area contributed by atoms with Gasteiger partial charge in [-0.2, -0.15) is 0 Å². The van der Waals surface area contributed by atoms with E-state index in [1.165, 1.54) is 28.3 Å². The summed E-state index contributed by atoms with van der Waals surface area (Å²) in [5.41, 5.74) is -1.64. The number of H-pyrrole nitrogens is 1. The smallest absolute Gasteiger partial charge is 0.344 e. The van der Waals surface area contributed by atoms with Crippen LogP contribution in [0.2, 0.25) is 0 Å². The van der Waals surface area contributed by atoms with Crippen LogP contribution in [-0.2, 0) is 46.0 Å². The van der Waals surface area contributed by atoms with Gasteiger partial charge in [-0.1, -0.05) is 37.3 Å². The maximum absolute atomic E-state index is 15.3. The number of nitrogens with one attached hydrogen (secondary N) is 1. The van der Waals surface area contributed by atoms with E-state index in [2.05, 4.69) is 14.8 Å². The Hall–Kier alpha value is -4.53. The number of hydrogen-bond donors (Lipinski definition) is 2. The first-order valence-electron chi connectivity index (χ1n) is 20.7. The number of ether oxygens (including phenoxy) is 4. The van der Waals surface area contributed by atoms with Crippen molar-refractivity contribution in [2.45, 2.75) is 93.5 Å². The van der Waals surface area contributed by atoms with Crippen LogP contribution in [0.15, 0.2) is 48.6 Å². The molecule has 316 valence electrons. The molecule has 2 aromatic carbocycles. The van der Waals surface area contributed by atoms with Crippen LogP contribution in [0.4, 0.5) is 14.5 Å². The highest BCUT2D eigenvalue weighted by Gasteiger charge is 2.80. The first-order chi connectivity index (χ1) is 28.1. The van der Waals surface area contributed by atoms with E-state index in [9.17, 15) is 14.7 Å². The Morgan fingerprint density at radius 3 is 2.46 bits per heavy atom. The lowest BCUT2D eigenvalue weighted by Gasteiger charge is -2.63. The zero-order valence-corrected chi connectivity index (χ0v) is 34.8. The second-order valence-electron chi connectivity index (χ2n) is 18.0. The summed E-state index contributed by atoms with van der Waals surface area (Å²) in [5.74, 6) is -5.92. The van der Waals surface area contributed by atoms with E-state index in [1.54, 1.807) is 0 Å². The predicted molar refractivity (Wildman–Crippen MR) is 214 cm³/mol. The molecule has 0 amide bonds. The maximum Gasteiger partial charge on any atom is 0.344 e. The van der Waals surface area contributed by atoms with Crippen molar-refractivity contribution in [1.82, 2.24) is 14.8 Å². The minimum atomic E-state index is -2.94. The SMILES string of the molecule is CC[C@]12C=CCN3CC[C@@]4(c5cc([C@@]6(C(=O)OC)CC7CC(C(C)(F)F)CN(Cc8c6[nH]c6ccccc86)C7)c(OC)cc5N(C)[C@H]4[C@@](O)(C(=O)OC)[C@@H]1OC(C)=O)[C@@H]32. The van der Waals surface area contributed by atoms with Crippen LogP contribution in [0.1, 0.15) is 68.8 Å². The van der Waals surface area contributed by atoms with E-state index in [0.717, 1.165) is 29.0 Å². The average molecular weight is 817 g/mol. The highest BCUT2D eigenvalue weighted by Crippen LogP contribution is 2.68. The normalized spacial score (nSPS) is 35.8. The fourth-order valence-electron chi connectivity index (χ4n) is 13.2. The highest BCUT2D eigenvalue weighted by atomic mass is 19.3. The fourth-order valence-corrected chi connectivity index (χ4v) is 13.2. The van der Waals surface area contributed by atoms with Crippen molar-refractivity contribution in [2.75, 3.05) is 59.5 Å². The number of carbonyl (C=O) groups is 3. The molecule has 3 aromatic rings. The summed E-state index contributed by atoms with van der Waals surface area (Å²) >= 11 is 0. The number of anilines is 1. The number of esters is 3. The molecule has 10 atom stereocenters. The van der Waals surface area contributed by atoms with Crippen LogP contribution in [0.5, 0.6) is 5.75 Å². The number of aliphatic hydroxyl groups is 1. The molecule has 6 heterocycles. The Morgan fingerprint density at radius 2 is 1.78 bits per heavy atom. The van der Waals surface area contributed by atoms with Crippen LogP contribution in [0, 0.1) is 17.3 Å². The number of aromatic nitrogens is 1. The fraction of sp³-hybridized carbons (Fsp3) is 0.578. The molecule has 3 unspecified atom stereocenters. The number of hydrogen-bond acceptors (Lipinski definition) is 11. The van der Waals surface area contributed by atoms with Crippen molar-refractivity contribution in [3.63, 3.8) is 0 Å². The molecular weight excluding hydrogens is 763 g/mol. The summed E-state index contributed by atoms with van der Waals surface area (Å²) in [6.45, 7) is 6.55. The van der Waals surface area contributed by atoms with Crippen LogP contribution < -0.4 is 9.64 Å². The first kappa shape index (κ1) is 39.9. The molecule has 3 fully saturated rings. The number of piperidine rings is 1. The molecule has 2 N–H and O–H groups in total. The molecule has 5 aliphatic heterocycles. The zero-order chi connectivity index (χ0) is 42.0. The van der Waals surface area contributed by atoms with Crippen LogP contribution in [0.3, 0.4) is 0 Å². The minimum Gasteiger partial charge on any atom is -0.496 e. The predicted octanol–water partition coefficient (Wildman–Crippen LogP) is 5.08. The van der Waals surface area contributed by atoms with Crippen LogP contribution in [-0.4, -0.2) is 122 Å². The lowest BCUT2D eigenvalue weighted by molar-refractivity contribution is -0.228. The number of fused-ring (bicyclic) bond motifs is 6. The summed E-state index contributed by atoms with van der Waals surface area (Å²) in [4.78, 5) is 52.5. The number of likely N-dealkylation sites (N-methyl/N-ethyl adjacent to an activating group) is 1. The van der Waals surface area contributed by atoms with E-state index < -0.39 is 63.7 Å². The average Bonchev–Trinajstić information content (AvgIpc) is 3.86. The Balaban J connectivity index is 1.35. The number of halogens is 2. The van der Waals surface area contributed by atoms with E-state index in [1.807, 2.05) is 67.4 Å².